The van der Waals surface area contributed by atoms with Crippen molar-refractivity contribution in [2.45, 2.75) is 26.3 Å². The third-order valence-corrected chi connectivity index (χ3v) is 4.05. The van der Waals surface area contributed by atoms with Gasteiger partial charge in [-0.05, 0) is 55.3 Å². The smallest absolute Gasteiger partial charge is 0.123 e. The van der Waals surface area contributed by atoms with Gasteiger partial charge in [-0.3, -0.25) is 0 Å². The van der Waals surface area contributed by atoms with E-state index >= 15 is 0 Å². The molecule has 2 rings (SSSR count). The lowest BCUT2D eigenvalue weighted by Gasteiger charge is -2.12. The largest absolute Gasteiger partial charge is 0.493 e. The molecule has 4 heteroatoms. The summed E-state index contributed by atoms with van der Waals surface area (Å²) >= 11 is 9.41. The number of hydrogen-bond donors (Lipinski definition) is 1. The van der Waals surface area contributed by atoms with Crippen molar-refractivity contribution in [3.63, 3.8) is 0 Å². The molecule has 0 unspecified atom stereocenters. The molecular weight excluding hydrogens is 362 g/mol. The molecule has 0 aliphatic heterocycles. The monoisotopic (exact) mass is 381 g/mol. The highest BCUT2D eigenvalue weighted by Crippen LogP contribution is 2.23. The van der Waals surface area contributed by atoms with Crippen LogP contribution in [0.4, 0.5) is 0 Å². The van der Waals surface area contributed by atoms with Crippen molar-refractivity contribution >= 4 is 27.5 Å². The van der Waals surface area contributed by atoms with Gasteiger partial charge in [-0.25, -0.2) is 0 Å². The maximum atomic E-state index is 5.89. The Morgan fingerprint density at radius 3 is 2.64 bits per heavy atom. The van der Waals surface area contributed by atoms with Gasteiger partial charge in [0.1, 0.15) is 5.75 Å². The second-order valence-corrected chi connectivity index (χ2v) is 6.51. The summed E-state index contributed by atoms with van der Waals surface area (Å²) in [6.45, 7) is 4.58. The second kappa shape index (κ2) is 9.19. The minimum absolute atomic E-state index is 0.749. The van der Waals surface area contributed by atoms with Gasteiger partial charge in [0.25, 0.3) is 0 Å². The van der Waals surface area contributed by atoms with Gasteiger partial charge in [0.15, 0.2) is 0 Å². The SMILES string of the molecule is CCCOc1ccc(Br)cc1CNCCc1ccc(Cl)cc1. The summed E-state index contributed by atoms with van der Waals surface area (Å²) in [4.78, 5) is 0. The van der Waals surface area contributed by atoms with Crippen LogP contribution in [0.3, 0.4) is 0 Å². The number of hydrogen-bond acceptors (Lipinski definition) is 2. The quantitative estimate of drug-likeness (QED) is 0.632. The summed E-state index contributed by atoms with van der Waals surface area (Å²) in [5, 5.41) is 4.26. The van der Waals surface area contributed by atoms with Gasteiger partial charge in [0.05, 0.1) is 6.61 Å². The van der Waals surface area contributed by atoms with E-state index < -0.39 is 0 Å². The fourth-order valence-corrected chi connectivity index (χ4v) is 2.68. The highest BCUT2D eigenvalue weighted by Gasteiger charge is 2.04. The van der Waals surface area contributed by atoms with Crippen molar-refractivity contribution in [3.05, 3.63) is 63.1 Å². The third-order valence-electron chi connectivity index (χ3n) is 3.30. The van der Waals surface area contributed by atoms with Crippen LogP contribution < -0.4 is 10.1 Å². The fraction of sp³-hybridized carbons (Fsp3) is 0.333. The molecule has 0 spiro atoms. The second-order valence-electron chi connectivity index (χ2n) is 5.15. The van der Waals surface area contributed by atoms with Crippen LogP contribution in [0.2, 0.25) is 5.02 Å². The van der Waals surface area contributed by atoms with Gasteiger partial charge in [-0.15, -0.1) is 0 Å². The summed E-state index contributed by atoms with van der Waals surface area (Å²) in [5.41, 5.74) is 2.47. The van der Waals surface area contributed by atoms with Gasteiger partial charge < -0.3 is 10.1 Å². The Labute approximate surface area is 146 Å². The van der Waals surface area contributed by atoms with E-state index in [0.717, 1.165) is 47.8 Å². The fourth-order valence-electron chi connectivity index (χ4n) is 2.15. The van der Waals surface area contributed by atoms with Crippen LogP contribution in [0.15, 0.2) is 46.9 Å². The number of halogens is 2. The molecule has 22 heavy (non-hydrogen) atoms. The van der Waals surface area contributed by atoms with E-state index in [2.05, 4.69) is 46.4 Å². The standard InChI is InChI=1S/C18H21BrClNO/c1-2-11-22-18-8-5-16(19)12-15(18)13-21-10-9-14-3-6-17(20)7-4-14/h3-8,12,21H,2,9-11,13H2,1H3. The molecule has 0 fully saturated rings. The average molecular weight is 383 g/mol. The van der Waals surface area contributed by atoms with Gasteiger partial charge in [0, 0.05) is 21.6 Å². The van der Waals surface area contributed by atoms with Crippen LogP contribution in [0.25, 0.3) is 0 Å². The number of rotatable bonds is 8. The Kier molecular flexibility index (Phi) is 7.23. The van der Waals surface area contributed by atoms with Crippen LogP contribution in [-0.2, 0) is 13.0 Å². The molecule has 118 valence electrons. The van der Waals surface area contributed by atoms with Crippen LogP contribution in [0, 0.1) is 0 Å². The number of ether oxygens (including phenoxy) is 1. The van der Waals surface area contributed by atoms with E-state index in [1.807, 2.05) is 24.3 Å². The summed E-state index contributed by atoms with van der Waals surface area (Å²) in [5.74, 6) is 0.962. The normalized spacial score (nSPS) is 10.7. The lowest BCUT2D eigenvalue weighted by molar-refractivity contribution is 0.313. The summed E-state index contributed by atoms with van der Waals surface area (Å²) in [6, 6.07) is 14.2. The van der Waals surface area contributed by atoms with Crippen LogP contribution in [0.1, 0.15) is 24.5 Å². The minimum Gasteiger partial charge on any atom is -0.493 e. The Morgan fingerprint density at radius 1 is 1.14 bits per heavy atom. The molecule has 2 aromatic rings. The number of benzene rings is 2. The van der Waals surface area contributed by atoms with Crippen molar-refractivity contribution in [1.29, 1.82) is 0 Å². The zero-order chi connectivity index (χ0) is 15.8. The highest BCUT2D eigenvalue weighted by molar-refractivity contribution is 9.10. The first-order chi connectivity index (χ1) is 10.7. The maximum absolute atomic E-state index is 5.89. The van der Waals surface area contributed by atoms with E-state index in [1.165, 1.54) is 11.1 Å². The molecule has 0 saturated carbocycles. The third kappa shape index (κ3) is 5.64. The summed E-state index contributed by atoms with van der Waals surface area (Å²) in [6.07, 6.45) is 2.00. The van der Waals surface area contributed by atoms with E-state index in [9.17, 15) is 0 Å². The van der Waals surface area contributed by atoms with Crippen LogP contribution >= 0.6 is 27.5 Å². The molecule has 0 saturated heterocycles. The van der Waals surface area contributed by atoms with Gasteiger partial charge in [-0.1, -0.05) is 46.6 Å². The topological polar surface area (TPSA) is 21.3 Å². The molecule has 2 nitrogen and oxygen atoms in total. The van der Waals surface area contributed by atoms with Gasteiger partial charge >= 0.3 is 0 Å². The Morgan fingerprint density at radius 2 is 1.91 bits per heavy atom. The molecule has 0 aliphatic rings. The summed E-state index contributed by atoms with van der Waals surface area (Å²) in [7, 11) is 0. The first-order valence-electron chi connectivity index (χ1n) is 7.55. The van der Waals surface area contributed by atoms with E-state index in [-0.39, 0.29) is 0 Å². The maximum Gasteiger partial charge on any atom is 0.123 e. The molecule has 0 atom stereocenters. The van der Waals surface area contributed by atoms with E-state index in [4.69, 9.17) is 16.3 Å². The van der Waals surface area contributed by atoms with E-state index in [1.54, 1.807) is 0 Å². The molecule has 0 aromatic heterocycles. The van der Waals surface area contributed by atoms with Crippen molar-refractivity contribution in [2.24, 2.45) is 0 Å². The molecule has 0 aliphatic carbocycles. The molecule has 2 aromatic carbocycles. The van der Waals surface area contributed by atoms with Crippen LogP contribution in [-0.4, -0.2) is 13.2 Å². The highest BCUT2D eigenvalue weighted by atomic mass is 79.9. The first-order valence-corrected chi connectivity index (χ1v) is 8.72. The first kappa shape index (κ1) is 17.3. The van der Waals surface area contributed by atoms with Gasteiger partial charge in [-0.2, -0.15) is 0 Å². The Hall–Kier alpha value is -1.03. The van der Waals surface area contributed by atoms with Crippen molar-refractivity contribution in [3.8, 4) is 5.75 Å². The molecule has 0 radical (unpaired) electrons. The molecule has 1 N–H and O–H groups in total. The zero-order valence-corrected chi connectivity index (χ0v) is 15.1. The van der Waals surface area contributed by atoms with Gasteiger partial charge in [0.2, 0.25) is 0 Å². The van der Waals surface area contributed by atoms with Crippen molar-refractivity contribution in [2.75, 3.05) is 13.2 Å². The summed E-state index contributed by atoms with van der Waals surface area (Å²) < 4.78 is 6.87. The molecule has 0 bridgehead atoms. The predicted octanol–water partition coefficient (Wildman–Crippen LogP) is 5.22. The zero-order valence-electron chi connectivity index (χ0n) is 12.7. The molecule has 0 amide bonds. The molecular formula is C18H21BrClNO. The average Bonchev–Trinajstić information content (AvgIpc) is 2.52. The van der Waals surface area contributed by atoms with E-state index in [0.29, 0.717) is 0 Å². The number of nitrogens with one attached hydrogen (secondary N) is 1. The molecule has 0 heterocycles. The van der Waals surface area contributed by atoms with Crippen LogP contribution in [0.5, 0.6) is 5.75 Å². The Bertz CT molecular complexity index is 586. The lowest BCUT2D eigenvalue weighted by atomic mass is 10.1. The van der Waals surface area contributed by atoms with Crippen molar-refractivity contribution in [1.82, 2.24) is 5.32 Å². The predicted molar refractivity (Wildman–Crippen MR) is 96.8 cm³/mol. The lowest BCUT2D eigenvalue weighted by Crippen LogP contribution is -2.17. The minimum atomic E-state index is 0.749. The Balaban J connectivity index is 1.85. The van der Waals surface area contributed by atoms with Crippen molar-refractivity contribution < 1.29 is 4.74 Å².